The zero-order chi connectivity index (χ0) is 14.5. The first-order chi connectivity index (χ1) is 9.69. The number of ether oxygens (including phenoxy) is 1. The van der Waals surface area contributed by atoms with E-state index in [1.807, 2.05) is 20.2 Å². The highest BCUT2D eigenvalue weighted by atomic mass is 79.9. The number of nitrogens with one attached hydrogen (secondary N) is 2. The van der Waals surface area contributed by atoms with E-state index >= 15 is 0 Å². The lowest BCUT2D eigenvalue weighted by atomic mass is 9.98. The van der Waals surface area contributed by atoms with Gasteiger partial charge in [-0.3, -0.25) is 0 Å². The van der Waals surface area contributed by atoms with Gasteiger partial charge >= 0.3 is 0 Å². The molecule has 0 spiro atoms. The van der Waals surface area contributed by atoms with Crippen molar-refractivity contribution in [2.24, 2.45) is 0 Å². The van der Waals surface area contributed by atoms with Gasteiger partial charge < -0.3 is 15.4 Å². The molecule has 2 aromatic rings. The number of hydrogen-bond acceptors (Lipinski definition) is 3. The zero-order valence-electron chi connectivity index (χ0n) is 11.9. The summed E-state index contributed by atoms with van der Waals surface area (Å²) in [5, 5.41) is 6.53. The fourth-order valence-electron chi connectivity index (χ4n) is 2.26. The van der Waals surface area contributed by atoms with Gasteiger partial charge in [0.15, 0.2) is 0 Å². The molecule has 2 aromatic carbocycles. The van der Waals surface area contributed by atoms with Crippen LogP contribution in [0, 0.1) is 0 Å². The summed E-state index contributed by atoms with van der Waals surface area (Å²) in [6.07, 6.45) is 0. The Morgan fingerprint density at radius 2 is 1.80 bits per heavy atom. The van der Waals surface area contributed by atoms with Crippen LogP contribution in [-0.2, 0) is 0 Å². The summed E-state index contributed by atoms with van der Waals surface area (Å²) in [7, 11) is 5.57. The first-order valence-electron chi connectivity index (χ1n) is 6.48. The maximum Gasteiger partial charge on any atom is 0.133 e. The summed E-state index contributed by atoms with van der Waals surface area (Å²) in [5.41, 5.74) is 3.51. The molecule has 3 nitrogen and oxygen atoms in total. The molecule has 0 saturated carbocycles. The molecule has 2 rings (SSSR count). The molecule has 0 aliphatic heterocycles. The van der Waals surface area contributed by atoms with E-state index < -0.39 is 0 Å². The van der Waals surface area contributed by atoms with Crippen LogP contribution in [0.2, 0.25) is 0 Å². The standard InChI is InChI=1S/C16H19BrN2O/c1-18-13-6-4-5-11(9-13)16(19-2)12-7-8-15(20-3)14(17)10-12/h4-10,16,18-19H,1-3H3. The van der Waals surface area contributed by atoms with E-state index in [4.69, 9.17) is 4.74 Å². The molecule has 0 bridgehead atoms. The lowest BCUT2D eigenvalue weighted by Crippen LogP contribution is -2.17. The highest BCUT2D eigenvalue weighted by molar-refractivity contribution is 9.10. The SMILES string of the molecule is CNc1cccc(C(NC)c2ccc(OC)c(Br)c2)c1. The van der Waals surface area contributed by atoms with Gasteiger partial charge in [-0.25, -0.2) is 0 Å². The molecule has 2 N–H and O–H groups in total. The summed E-state index contributed by atoms with van der Waals surface area (Å²) >= 11 is 3.54. The summed E-state index contributed by atoms with van der Waals surface area (Å²) in [4.78, 5) is 0. The second-order valence-corrected chi connectivity index (χ2v) is 5.35. The Labute approximate surface area is 128 Å². The van der Waals surface area contributed by atoms with Crippen LogP contribution < -0.4 is 15.4 Å². The molecule has 0 radical (unpaired) electrons. The lowest BCUT2D eigenvalue weighted by Gasteiger charge is -2.19. The predicted molar refractivity (Wildman–Crippen MR) is 87.6 cm³/mol. The fourth-order valence-corrected chi connectivity index (χ4v) is 2.82. The number of halogens is 1. The largest absolute Gasteiger partial charge is 0.496 e. The van der Waals surface area contributed by atoms with Crippen LogP contribution in [-0.4, -0.2) is 21.2 Å². The summed E-state index contributed by atoms with van der Waals surface area (Å²) in [5.74, 6) is 0.840. The second kappa shape index (κ2) is 6.77. The van der Waals surface area contributed by atoms with Crippen molar-refractivity contribution in [2.75, 3.05) is 26.5 Å². The van der Waals surface area contributed by atoms with Crippen molar-refractivity contribution < 1.29 is 4.74 Å². The normalized spacial score (nSPS) is 12.0. The van der Waals surface area contributed by atoms with Gasteiger partial charge in [0, 0.05) is 12.7 Å². The number of benzene rings is 2. The van der Waals surface area contributed by atoms with Crippen molar-refractivity contribution in [2.45, 2.75) is 6.04 Å². The van der Waals surface area contributed by atoms with Crippen LogP contribution in [0.25, 0.3) is 0 Å². The van der Waals surface area contributed by atoms with Gasteiger partial charge in [-0.15, -0.1) is 0 Å². The molecule has 20 heavy (non-hydrogen) atoms. The summed E-state index contributed by atoms with van der Waals surface area (Å²) in [6, 6.07) is 14.7. The minimum absolute atomic E-state index is 0.144. The first kappa shape index (κ1) is 14.9. The highest BCUT2D eigenvalue weighted by Gasteiger charge is 2.14. The zero-order valence-corrected chi connectivity index (χ0v) is 13.5. The number of methoxy groups -OCH3 is 1. The molecule has 0 saturated heterocycles. The van der Waals surface area contributed by atoms with Gasteiger partial charge in [-0.05, 0) is 58.4 Å². The van der Waals surface area contributed by atoms with Crippen LogP contribution in [0.3, 0.4) is 0 Å². The Hall–Kier alpha value is -1.52. The van der Waals surface area contributed by atoms with Gasteiger partial charge in [-0.2, -0.15) is 0 Å². The van der Waals surface area contributed by atoms with E-state index in [0.717, 1.165) is 15.9 Å². The van der Waals surface area contributed by atoms with Crippen molar-refractivity contribution in [3.63, 3.8) is 0 Å². The average molecular weight is 335 g/mol. The second-order valence-electron chi connectivity index (χ2n) is 4.49. The Morgan fingerprint density at radius 3 is 2.40 bits per heavy atom. The van der Waals surface area contributed by atoms with E-state index in [1.165, 1.54) is 11.1 Å². The Kier molecular flexibility index (Phi) is 5.04. The van der Waals surface area contributed by atoms with Crippen LogP contribution in [0.15, 0.2) is 46.9 Å². The Bertz CT molecular complexity index is 586. The highest BCUT2D eigenvalue weighted by Crippen LogP contribution is 2.31. The van der Waals surface area contributed by atoms with E-state index in [1.54, 1.807) is 7.11 Å². The van der Waals surface area contributed by atoms with Crippen molar-refractivity contribution in [3.8, 4) is 5.75 Å². The third-order valence-electron chi connectivity index (χ3n) is 3.31. The third kappa shape index (κ3) is 3.14. The molecule has 0 aliphatic rings. The molecular weight excluding hydrogens is 316 g/mol. The molecule has 0 fully saturated rings. The average Bonchev–Trinajstić information content (AvgIpc) is 2.48. The maximum absolute atomic E-state index is 5.28. The smallest absolute Gasteiger partial charge is 0.133 e. The number of hydrogen-bond donors (Lipinski definition) is 2. The molecule has 0 aromatic heterocycles. The molecule has 0 heterocycles. The third-order valence-corrected chi connectivity index (χ3v) is 3.93. The van der Waals surface area contributed by atoms with E-state index in [2.05, 4.69) is 63.0 Å². The first-order valence-corrected chi connectivity index (χ1v) is 7.27. The fraction of sp³-hybridized carbons (Fsp3) is 0.250. The maximum atomic E-state index is 5.28. The molecule has 0 aliphatic carbocycles. The van der Waals surface area contributed by atoms with Crippen LogP contribution >= 0.6 is 15.9 Å². The molecule has 0 amide bonds. The number of anilines is 1. The van der Waals surface area contributed by atoms with E-state index in [0.29, 0.717) is 0 Å². The lowest BCUT2D eigenvalue weighted by molar-refractivity contribution is 0.412. The van der Waals surface area contributed by atoms with Gasteiger partial charge in [0.25, 0.3) is 0 Å². The minimum atomic E-state index is 0.144. The Balaban J connectivity index is 2.38. The topological polar surface area (TPSA) is 33.3 Å². The van der Waals surface area contributed by atoms with E-state index in [9.17, 15) is 0 Å². The van der Waals surface area contributed by atoms with Crippen molar-refractivity contribution in [3.05, 3.63) is 58.1 Å². The van der Waals surface area contributed by atoms with Crippen molar-refractivity contribution in [1.29, 1.82) is 0 Å². The van der Waals surface area contributed by atoms with Gasteiger partial charge in [0.1, 0.15) is 5.75 Å². The molecule has 106 valence electrons. The van der Waals surface area contributed by atoms with Gasteiger partial charge in [0.2, 0.25) is 0 Å². The molecule has 1 unspecified atom stereocenters. The minimum Gasteiger partial charge on any atom is -0.496 e. The van der Waals surface area contributed by atoms with E-state index in [-0.39, 0.29) is 6.04 Å². The molecular formula is C16H19BrN2O. The Morgan fingerprint density at radius 1 is 1.05 bits per heavy atom. The monoisotopic (exact) mass is 334 g/mol. The quantitative estimate of drug-likeness (QED) is 0.872. The number of rotatable bonds is 5. The predicted octanol–water partition coefficient (Wildman–Crippen LogP) is 3.81. The van der Waals surface area contributed by atoms with Crippen LogP contribution in [0.5, 0.6) is 5.75 Å². The van der Waals surface area contributed by atoms with Crippen LogP contribution in [0.4, 0.5) is 5.69 Å². The van der Waals surface area contributed by atoms with Crippen LogP contribution in [0.1, 0.15) is 17.2 Å². The summed E-state index contributed by atoms with van der Waals surface area (Å²) < 4.78 is 6.24. The summed E-state index contributed by atoms with van der Waals surface area (Å²) in [6.45, 7) is 0. The van der Waals surface area contributed by atoms with Crippen molar-refractivity contribution in [1.82, 2.24) is 5.32 Å². The van der Waals surface area contributed by atoms with Crippen molar-refractivity contribution >= 4 is 21.6 Å². The van der Waals surface area contributed by atoms with Gasteiger partial charge in [-0.1, -0.05) is 18.2 Å². The molecule has 1 atom stereocenters. The van der Waals surface area contributed by atoms with Gasteiger partial charge in [0.05, 0.1) is 17.6 Å². The molecule has 4 heteroatoms.